The van der Waals surface area contributed by atoms with E-state index in [-0.39, 0.29) is 18.3 Å². The summed E-state index contributed by atoms with van der Waals surface area (Å²) in [6.07, 6.45) is 3.55. The molecule has 2 aromatic carbocycles. The second-order valence-corrected chi connectivity index (χ2v) is 7.30. The van der Waals surface area contributed by atoms with Crippen LogP contribution in [0, 0.1) is 0 Å². The Morgan fingerprint density at radius 2 is 2.11 bits per heavy atom. The van der Waals surface area contributed by atoms with E-state index < -0.39 is 0 Å². The number of carbonyl (C=O) groups is 1. The van der Waals surface area contributed by atoms with Crippen LogP contribution in [-0.4, -0.2) is 30.5 Å². The topological polar surface area (TPSA) is 41.6 Å². The molecule has 1 fully saturated rings. The molecule has 144 valence electrons. The summed E-state index contributed by atoms with van der Waals surface area (Å²) in [5, 5.41) is 3.46. The van der Waals surface area contributed by atoms with Gasteiger partial charge in [-0.05, 0) is 74.2 Å². The molecule has 4 nitrogen and oxygen atoms in total. The lowest BCUT2D eigenvalue weighted by molar-refractivity contribution is 0.102. The number of amides is 1. The molecule has 0 spiro atoms. The van der Waals surface area contributed by atoms with Gasteiger partial charge in [-0.1, -0.05) is 17.7 Å². The lowest BCUT2D eigenvalue weighted by atomic mass is 9.92. The monoisotopic (exact) mass is 406 g/mol. The highest BCUT2D eigenvalue weighted by atomic mass is 35.5. The standard InChI is InChI=1S/C21H23ClN2O2.ClH/c1-2-26-20-8-6-15(12-18(20)22)21(25)23-16-7-5-14-9-11-24-10-3-4-19(24)17(14)13-16;/h5-8,12-13,19H,2-4,9-11H2,1H3,(H,23,25);1H. The van der Waals surface area contributed by atoms with Gasteiger partial charge in [-0.2, -0.15) is 0 Å². The van der Waals surface area contributed by atoms with Gasteiger partial charge in [0.15, 0.2) is 0 Å². The van der Waals surface area contributed by atoms with Gasteiger partial charge in [0.2, 0.25) is 0 Å². The lowest BCUT2D eigenvalue weighted by Gasteiger charge is -2.32. The number of anilines is 1. The Balaban J connectivity index is 0.00000210. The molecule has 27 heavy (non-hydrogen) atoms. The second-order valence-electron chi connectivity index (χ2n) is 6.89. The maximum atomic E-state index is 12.6. The molecule has 6 heteroatoms. The second kappa shape index (κ2) is 8.51. The first kappa shape index (κ1) is 20.0. The van der Waals surface area contributed by atoms with Gasteiger partial charge < -0.3 is 10.1 Å². The number of ether oxygens (including phenoxy) is 1. The predicted octanol–water partition coefficient (Wildman–Crippen LogP) is 5.11. The van der Waals surface area contributed by atoms with E-state index in [1.54, 1.807) is 18.2 Å². The molecule has 1 amide bonds. The molecule has 0 bridgehead atoms. The van der Waals surface area contributed by atoms with Crippen LogP contribution in [0.2, 0.25) is 5.02 Å². The van der Waals surface area contributed by atoms with Gasteiger partial charge in [0, 0.05) is 23.8 Å². The molecule has 0 aliphatic carbocycles. The Labute approximate surface area is 171 Å². The molecule has 0 radical (unpaired) electrons. The normalized spacial score (nSPS) is 18.2. The van der Waals surface area contributed by atoms with Gasteiger partial charge in [0.05, 0.1) is 11.6 Å². The summed E-state index contributed by atoms with van der Waals surface area (Å²) in [4.78, 5) is 15.2. The van der Waals surface area contributed by atoms with Crippen LogP contribution >= 0.6 is 24.0 Å². The van der Waals surface area contributed by atoms with E-state index in [4.69, 9.17) is 16.3 Å². The summed E-state index contributed by atoms with van der Waals surface area (Å²) in [6, 6.07) is 11.9. The fourth-order valence-electron chi connectivity index (χ4n) is 4.04. The fourth-order valence-corrected chi connectivity index (χ4v) is 4.27. The number of carbonyl (C=O) groups excluding carboxylic acids is 1. The zero-order chi connectivity index (χ0) is 18.1. The van der Waals surface area contributed by atoms with Crippen molar-refractivity contribution < 1.29 is 9.53 Å². The number of hydrogen-bond acceptors (Lipinski definition) is 3. The van der Waals surface area contributed by atoms with Gasteiger partial charge in [0.1, 0.15) is 5.75 Å². The molecular weight excluding hydrogens is 383 g/mol. The smallest absolute Gasteiger partial charge is 0.255 e. The van der Waals surface area contributed by atoms with Crippen molar-refractivity contribution in [3.8, 4) is 5.75 Å². The van der Waals surface area contributed by atoms with E-state index in [9.17, 15) is 4.79 Å². The number of benzene rings is 2. The average Bonchev–Trinajstić information content (AvgIpc) is 3.13. The summed E-state index contributed by atoms with van der Waals surface area (Å²) in [5.74, 6) is 0.440. The Morgan fingerprint density at radius 3 is 2.89 bits per heavy atom. The van der Waals surface area contributed by atoms with Crippen molar-refractivity contribution in [2.45, 2.75) is 32.2 Å². The molecule has 0 saturated carbocycles. The van der Waals surface area contributed by atoms with E-state index in [1.165, 1.54) is 30.5 Å². The van der Waals surface area contributed by atoms with Crippen LogP contribution in [-0.2, 0) is 6.42 Å². The van der Waals surface area contributed by atoms with Crippen molar-refractivity contribution >= 4 is 35.6 Å². The molecule has 2 heterocycles. The maximum absolute atomic E-state index is 12.6. The molecule has 2 aliphatic heterocycles. The number of nitrogens with zero attached hydrogens (tertiary/aromatic N) is 1. The Bertz CT molecular complexity index is 841. The van der Waals surface area contributed by atoms with Crippen LogP contribution in [0.3, 0.4) is 0 Å². The zero-order valence-electron chi connectivity index (χ0n) is 15.3. The summed E-state index contributed by atoms with van der Waals surface area (Å²) < 4.78 is 5.42. The van der Waals surface area contributed by atoms with Gasteiger partial charge in [-0.3, -0.25) is 9.69 Å². The van der Waals surface area contributed by atoms with Crippen molar-refractivity contribution in [2.75, 3.05) is 25.0 Å². The molecule has 0 aromatic heterocycles. The van der Waals surface area contributed by atoms with Crippen molar-refractivity contribution in [3.05, 3.63) is 58.1 Å². The first-order valence-corrected chi connectivity index (χ1v) is 9.64. The van der Waals surface area contributed by atoms with E-state index in [1.807, 2.05) is 13.0 Å². The van der Waals surface area contributed by atoms with Crippen LogP contribution < -0.4 is 10.1 Å². The molecule has 1 saturated heterocycles. The Kier molecular flexibility index (Phi) is 6.30. The van der Waals surface area contributed by atoms with E-state index in [0.29, 0.717) is 29.0 Å². The third-order valence-corrected chi connectivity index (χ3v) is 5.58. The van der Waals surface area contributed by atoms with Crippen LogP contribution in [0.15, 0.2) is 36.4 Å². The Hall–Kier alpha value is -1.75. The molecule has 1 unspecified atom stereocenters. The minimum absolute atomic E-state index is 0. The first-order chi connectivity index (χ1) is 12.7. The maximum Gasteiger partial charge on any atom is 0.255 e. The zero-order valence-corrected chi connectivity index (χ0v) is 16.9. The van der Waals surface area contributed by atoms with Crippen molar-refractivity contribution in [3.63, 3.8) is 0 Å². The van der Waals surface area contributed by atoms with E-state index in [2.05, 4.69) is 22.3 Å². The van der Waals surface area contributed by atoms with Gasteiger partial charge >= 0.3 is 0 Å². The highest BCUT2D eigenvalue weighted by Gasteiger charge is 2.31. The molecule has 2 aliphatic rings. The minimum Gasteiger partial charge on any atom is -0.492 e. The quantitative estimate of drug-likeness (QED) is 0.766. The number of fused-ring (bicyclic) bond motifs is 3. The summed E-state index contributed by atoms with van der Waals surface area (Å²) in [7, 11) is 0. The molecule has 1 N–H and O–H groups in total. The summed E-state index contributed by atoms with van der Waals surface area (Å²) >= 11 is 6.20. The lowest BCUT2D eigenvalue weighted by Crippen LogP contribution is -2.31. The highest BCUT2D eigenvalue weighted by Crippen LogP contribution is 2.38. The molecular formula is C21H24Cl2N2O2. The van der Waals surface area contributed by atoms with Crippen LogP contribution in [0.25, 0.3) is 0 Å². The SMILES string of the molecule is CCOc1ccc(C(=O)Nc2ccc3c(c2)C2CCCN2CC3)cc1Cl.Cl. The van der Waals surface area contributed by atoms with Crippen LogP contribution in [0.4, 0.5) is 5.69 Å². The predicted molar refractivity (Wildman–Crippen MR) is 112 cm³/mol. The largest absolute Gasteiger partial charge is 0.492 e. The first-order valence-electron chi connectivity index (χ1n) is 9.26. The summed E-state index contributed by atoms with van der Waals surface area (Å²) in [6.45, 7) is 4.77. The number of hydrogen-bond donors (Lipinski definition) is 1. The average molecular weight is 407 g/mol. The number of halogens is 2. The third kappa shape index (κ3) is 4.08. The third-order valence-electron chi connectivity index (χ3n) is 5.29. The van der Waals surface area contributed by atoms with Gasteiger partial charge in [-0.15, -0.1) is 12.4 Å². The van der Waals surface area contributed by atoms with Gasteiger partial charge in [-0.25, -0.2) is 0 Å². The highest BCUT2D eigenvalue weighted by molar-refractivity contribution is 6.32. The molecule has 4 rings (SSSR count). The van der Waals surface area contributed by atoms with E-state index >= 15 is 0 Å². The summed E-state index contributed by atoms with van der Waals surface area (Å²) in [5.41, 5.74) is 4.15. The molecule has 2 aromatic rings. The Morgan fingerprint density at radius 1 is 1.26 bits per heavy atom. The van der Waals surface area contributed by atoms with Crippen molar-refractivity contribution in [1.29, 1.82) is 0 Å². The number of nitrogens with one attached hydrogen (secondary N) is 1. The van der Waals surface area contributed by atoms with Crippen molar-refractivity contribution in [2.24, 2.45) is 0 Å². The van der Waals surface area contributed by atoms with Crippen molar-refractivity contribution in [1.82, 2.24) is 4.90 Å². The fraction of sp³-hybridized carbons (Fsp3) is 0.381. The van der Waals surface area contributed by atoms with Crippen LogP contribution in [0.1, 0.15) is 47.3 Å². The number of rotatable bonds is 4. The molecule has 1 atom stereocenters. The minimum atomic E-state index is -0.158. The van der Waals surface area contributed by atoms with Crippen LogP contribution in [0.5, 0.6) is 5.75 Å². The van der Waals surface area contributed by atoms with Gasteiger partial charge in [0.25, 0.3) is 5.91 Å². The van der Waals surface area contributed by atoms with E-state index in [0.717, 1.165) is 18.7 Å².